The summed E-state index contributed by atoms with van der Waals surface area (Å²) in [5, 5.41) is 0.248. The van der Waals surface area contributed by atoms with Gasteiger partial charge < -0.3 is 19.0 Å². The Labute approximate surface area is 129 Å². The molecule has 1 saturated heterocycles. The minimum absolute atomic E-state index is 0.0666. The van der Waals surface area contributed by atoms with E-state index in [2.05, 4.69) is 11.9 Å². The highest BCUT2D eigenvalue weighted by Crippen LogP contribution is 2.30. The lowest BCUT2D eigenvalue weighted by atomic mass is 10.2. The monoisotopic (exact) mass is 312 g/mol. The molecule has 5 nitrogen and oxygen atoms in total. The van der Waals surface area contributed by atoms with Gasteiger partial charge in [0, 0.05) is 26.2 Å². The van der Waals surface area contributed by atoms with Crippen LogP contribution in [0.1, 0.15) is 23.4 Å². The smallest absolute Gasteiger partial charge is 0.289 e. The van der Waals surface area contributed by atoms with Crippen molar-refractivity contribution in [3.63, 3.8) is 0 Å². The van der Waals surface area contributed by atoms with E-state index in [0.29, 0.717) is 18.2 Å². The molecule has 116 valence electrons. The van der Waals surface area contributed by atoms with Crippen molar-refractivity contribution in [2.24, 2.45) is 5.92 Å². The zero-order valence-corrected chi connectivity index (χ0v) is 13.0. The largest absolute Gasteiger partial charge is 0.440 e. The van der Waals surface area contributed by atoms with E-state index in [9.17, 15) is 4.79 Å². The van der Waals surface area contributed by atoms with E-state index >= 15 is 0 Å². The summed E-state index contributed by atoms with van der Waals surface area (Å²) in [6, 6.07) is 3.24. The SMILES string of the molecule is CN1CCO[C@H](CN(CC2CC2)C(=O)c2ccc(Cl)o2)C1. The normalized spacial score (nSPS) is 23.2. The minimum Gasteiger partial charge on any atom is -0.440 e. The third-order valence-corrected chi connectivity index (χ3v) is 4.22. The van der Waals surface area contributed by atoms with Crippen molar-refractivity contribution in [2.75, 3.05) is 39.8 Å². The van der Waals surface area contributed by atoms with Crippen LogP contribution < -0.4 is 0 Å². The van der Waals surface area contributed by atoms with Crippen LogP contribution in [0.25, 0.3) is 0 Å². The van der Waals surface area contributed by atoms with Crippen molar-refractivity contribution in [2.45, 2.75) is 18.9 Å². The van der Waals surface area contributed by atoms with E-state index in [-0.39, 0.29) is 17.2 Å². The lowest BCUT2D eigenvalue weighted by Crippen LogP contribution is -2.48. The molecule has 2 fully saturated rings. The Morgan fingerprint density at radius 2 is 2.24 bits per heavy atom. The van der Waals surface area contributed by atoms with E-state index in [4.69, 9.17) is 20.8 Å². The molecule has 0 spiro atoms. The first-order chi connectivity index (χ1) is 10.1. The van der Waals surface area contributed by atoms with Gasteiger partial charge in [0.25, 0.3) is 5.91 Å². The molecule has 1 atom stereocenters. The van der Waals surface area contributed by atoms with Crippen molar-refractivity contribution in [1.29, 1.82) is 0 Å². The number of ether oxygens (including phenoxy) is 1. The third kappa shape index (κ3) is 3.99. The predicted octanol–water partition coefficient (Wildman–Crippen LogP) is 2.12. The van der Waals surface area contributed by atoms with Crippen LogP contribution in [0.5, 0.6) is 0 Å². The zero-order valence-electron chi connectivity index (χ0n) is 12.3. The maximum atomic E-state index is 12.6. The van der Waals surface area contributed by atoms with Crippen molar-refractivity contribution in [3.05, 3.63) is 23.1 Å². The van der Waals surface area contributed by atoms with Gasteiger partial charge in [-0.1, -0.05) is 0 Å². The van der Waals surface area contributed by atoms with Gasteiger partial charge in [0.1, 0.15) is 0 Å². The highest BCUT2D eigenvalue weighted by atomic mass is 35.5. The van der Waals surface area contributed by atoms with Crippen LogP contribution in [0.4, 0.5) is 0 Å². The predicted molar refractivity (Wildman–Crippen MR) is 79.6 cm³/mol. The lowest BCUT2D eigenvalue weighted by Gasteiger charge is -2.33. The molecule has 2 heterocycles. The Balaban J connectivity index is 1.66. The van der Waals surface area contributed by atoms with Crippen molar-refractivity contribution < 1.29 is 13.9 Å². The molecule has 0 unspecified atom stereocenters. The standard InChI is InChI=1S/C15H21ClN2O3/c1-17-6-7-20-12(9-17)10-18(8-11-2-3-11)15(19)13-4-5-14(16)21-13/h4-5,11-12H,2-3,6-10H2,1H3/t12-/m0/s1. The molecule has 3 rings (SSSR count). The average molecular weight is 313 g/mol. The molecule has 6 heteroatoms. The maximum absolute atomic E-state index is 12.6. The van der Waals surface area contributed by atoms with E-state index in [1.807, 2.05) is 4.90 Å². The summed E-state index contributed by atoms with van der Waals surface area (Å²) in [5.74, 6) is 0.844. The number of halogens is 1. The molecule has 0 aromatic carbocycles. The van der Waals surface area contributed by atoms with Crippen LogP contribution in [0.15, 0.2) is 16.5 Å². The third-order valence-electron chi connectivity index (χ3n) is 4.01. The molecule has 0 N–H and O–H groups in total. The molecule has 1 saturated carbocycles. The van der Waals surface area contributed by atoms with Gasteiger partial charge >= 0.3 is 0 Å². The molecule has 1 aromatic heterocycles. The topological polar surface area (TPSA) is 45.9 Å². The Morgan fingerprint density at radius 3 is 2.86 bits per heavy atom. The van der Waals surface area contributed by atoms with Crippen LogP contribution >= 0.6 is 11.6 Å². The Bertz CT molecular complexity index is 501. The second-order valence-electron chi connectivity index (χ2n) is 6.01. The van der Waals surface area contributed by atoms with E-state index in [1.165, 1.54) is 12.8 Å². The van der Waals surface area contributed by atoms with Crippen LogP contribution in [0.3, 0.4) is 0 Å². The first-order valence-electron chi connectivity index (χ1n) is 7.46. The van der Waals surface area contributed by atoms with Crippen LogP contribution in [0, 0.1) is 5.92 Å². The van der Waals surface area contributed by atoms with Gasteiger partial charge in [0.2, 0.25) is 0 Å². The highest BCUT2D eigenvalue weighted by Gasteiger charge is 2.31. The first-order valence-corrected chi connectivity index (χ1v) is 7.84. The molecule has 2 aliphatic rings. The zero-order chi connectivity index (χ0) is 14.8. The Hall–Kier alpha value is -1.04. The summed E-state index contributed by atoms with van der Waals surface area (Å²) >= 11 is 5.77. The van der Waals surface area contributed by atoms with Gasteiger partial charge in [-0.05, 0) is 49.5 Å². The number of carbonyl (C=O) groups is 1. The van der Waals surface area contributed by atoms with Gasteiger partial charge in [0.15, 0.2) is 11.0 Å². The van der Waals surface area contributed by atoms with Gasteiger partial charge in [-0.2, -0.15) is 0 Å². The van der Waals surface area contributed by atoms with Crippen molar-refractivity contribution in [1.82, 2.24) is 9.80 Å². The van der Waals surface area contributed by atoms with Gasteiger partial charge in [-0.15, -0.1) is 0 Å². The molecule has 1 aromatic rings. The van der Waals surface area contributed by atoms with Crippen molar-refractivity contribution >= 4 is 17.5 Å². The number of amides is 1. The summed E-state index contributed by atoms with van der Waals surface area (Å²) in [7, 11) is 2.08. The number of hydrogen-bond acceptors (Lipinski definition) is 4. The molecular weight excluding hydrogens is 292 g/mol. The molecule has 1 amide bonds. The maximum Gasteiger partial charge on any atom is 0.289 e. The highest BCUT2D eigenvalue weighted by molar-refractivity contribution is 6.29. The number of carbonyl (C=O) groups excluding carboxylic acids is 1. The molecule has 21 heavy (non-hydrogen) atoms. The minimum atomic E-state index is -0.0920. The van der Waals surface area contributed by atoms with E-state index in [0.717, 1.165) is 26.2 Å². The Kier molecular flexibility index (Phi) is 4.52. The number of likely N-dealkylation sites (N-methyl/N-ethyl adjacent to an activating group) is 1. The van der Waals surface area contributed by atoms with Gasteiger partial charge in [0.05, 0.1) is 12.7 Å². The fourth-order valence-corrected chi connectivity index (χ4v) is 2.81. The van der Waals surface area contributed by atoms with Crippen molar-refractivity contribution in [3.8, 4) is 0 Å². The summed E-state index contributed by atoms with van der Waals surface area (Å²) in [5.41, 5.74) is 0. The van der Waals surface area contributed by atoms with Gasteiger partial charge in [-0.3, -0.25) is 4.79 Å². The fraction of sp³-hybridized carbons (Fsp3) is 0.667. The van der Waals surface area contributed by atoms with Gasteiger partial charge in [-0.25, -0.2) is 0 Å². The number of nitrogens with zero attached hydrogens (tertiary/aromatic N) is 2. The first kappa shape index (κ1) is 14.9. The number of morpholine rings is 1. The molecule has 0 radical (unpaired) electrons. The van der Waals surface area contributed by atoms with Crippen LogP contribution in [0.2, 0.25) is 5.22 Å². The van der Waals surface area contributed by atoms with Crippen LogP contribution in [-0.4, -0.2) is 61.6 Å². The summed E-state index contributed by atoms with van der Waals surface area (Å²) in [6.45, 7) is 3.91. The lowest BCUT2D eigenvalue weighted by molar-refractivity contribution is -0.0334. The summed E-state index contributed by atoms with van der Waals surface area (Å²) in [4.78, 5) is 16.7. The fourth-order valence-electron chi connectivity index (χ4n) is 2.66. The summed E-state index contributed by atoms with van der Waals surface area (Å²) < 4.78 is 11.0. The molecule has 0 bridgehead atoms. The molecule has 1 aliphatic heterocycles. The quantitative estimate of drug-likeness (QED) is 0.835. The number of hydrogen-bond donors (Lipinski definition) is 0. The number of furan rings is 1. The van der Waals surface area contributed by atoms with Crippen LogP contribution in [-0.2, 0) is 4.74 Å². The summed E-state index contributed by atoms with van der Waals surface area (Å²) in [6.07, 6.45) is 2.47. The average Bonchev–Trinajstić information content (AvgIpc) is 3.16. The van der Waals surface area contributed by atoms with E-state index < -0.39 is 0 Å². The second kappa shape index (κ2) is 6.38. The Morgan fingerprint density at radius 1 is 1.43 bits per heavy atom. The number of rotatable bonds is 5. The molecule has 1 aliphatic carbocycles. The second-order valence-corrected chi connectivity index (χ2v) is 6.38. The molecular formula is C15H21ClN2O3. The van der Waals surface area contributed by atoms with E-state index in [1.54, 1.807) is 12.1 Å².